The predicted octanol–water partition coefficient (Wildman–Crippen LogP) is 3.22. The second-order valence-corrected chi connectivity index (χ2v) is 6.56. The number of anilines is 1. The number of rotatable bonds is 6. The SMILES string of the molecule is CNC(=O)COC(=O)c1c(-c2ccccc2)csc1NC(=O)C=C(C)C. The van der Waals surface area contributed by atoms with Crippen molar-refractivity contribution in [2.45, 2.75) is 13.8 Å². The molecule has 1 heterocycles. The van der Waals surface area contributed by atoms with E-state index >= 15 is 0 Å². The number of carbonyl (C=O) groups is 3. The van der Waals surface area contributed by atoms with Gasteiger partial charge in [0.05, 0.1) is 0 Å². The molecule has 0 saturated carbocycles. The Bertz CT molecular complexity index is 836. The van der Waals surface area contributed by atoms with Crippen LogP contribution < -0.4 is 10.6 Å². The lowest BCUT2D eigenvalue weighted by molar-refractivity contribution is -0.123. The van der Waals surface area contributed by atoms with Gasteiger partial charge in [-0.3, -0.25) is 9.59 Å². The molecular weight excluding hydrogens is 352 g/mol. The number of hydrogen-bond acceptors (Lipinski definition) is 5. The van der Waals surface area contributed by atoms with Gasteiger partial charge in [-0.1, -0.05) is 35.9 Å². The van der Waals surface area contributed by atoms with Crippen LogP contribution in [0.5, 0.6) is 0 Å². The molecule has 0 aliphatic heterocycles. The third-order valence-electron chi connectivity index (χ3n) is 3.35. The van der Waals surface area contributed by atoms with E-state index in [0.29, 0.717) is 10.6 Å². The summed E-state index contributed by atoms with van der Waals surface area (Å²) in [5.41, 5.74) is 2.54. The molecule has 0 aliphatic carbocycles. The molecule has 6 nitrogen and oxygen atoms in total. The van der Waals surface area contributed by atoms with Crippen molar-refractivity contribution in [2.24, 2.45) is 0 Å². The van der Waals surface area contributed by atoms with Gasteiger partial charge < -0.3 is 15.4 Å². The van der Waals surface area contributed by atoms with Crippen LogP contribution in [0.4, 0.5) is 5.00 Å². The first-order chi connectivity index (χ1) is 12.4. The average Bonchev–Trinajstić information content (AvgIpc) is 3.02. The maximum atomic E-state index is 12.6. The number of ether oxygens (including phenoxy) is 1. The Morgan fingerprint density at radius 2 is 1.85 bits per heavy atom. The smallest absolute Gasteiger partial charge is 0.342 e. The van der Waals surface area contributed by atoms with Gasteiger partial charge in [-0.25, -0.2) is 4.79 Å². The number of nitrogens with one attached hydrogen (secondary N) is 2. The van der Waals surface area contributed by atoms with Gasteiger partial charge in [0.25, 0.3) is 5.91 Å². The van der Waals surface area contributed by atoms with Crippen LogP contribution in [-0.4, -0.2) is 31.4 Å². The van der Waals surface area contributed by atoms with E-state index in [4.69, 9.17) is 4.74 Å². The van der Waals surface area contributed by atoms with E-state index in [1.54, 1.807) is 5.38 Å². The first-order valence-corrected chi connectivity index (χ1v) is 8.80. The van der Waals surface area contributed by atoms with Crippen LogP contribution in [0.25, 0.3) is 11.1 Å². The molecule has 1 aromatic heterocycles. The molecule has 7 heteroatoms. The third kappa shape index (κ3) is 5.03. The van der Waals surface area contributed by atoms with Gasteiger partial charge in [-0.15, -0.1) is 11.3 Å². The summed E-state index contributed by atoms with van der Waals surface area (Å²) in [5, 5.41) is 7.27. The van der Waals surface area contributed by atoms with Crippen molar-refractivity contribution in [1.29, 1.82) is 0 Å². The summed E-state index contributed by atoms with van der Waals surface area (Å²) in [5.74, 6) is -1.40. The molecule has 0 fully saturated rings. The van der Waals surface area contributed by atoms with Gasteiger partial charge in [0.15, 0.2) is 6.61 Å². The first-order valence-electron chi connectivity index (χ1n) is 7.93. The monoisotopic (exact) mass is 372 g/mol. The minimum absolute atomic E-state index is 0.237. The third-order valence-corrected chi connectivity index (χ3v) is 4.25. The molecule has 0 saturated heterocycles. The lowest BCUT2D eigenvalue weighted by Gasteiger charge is -2.09. The van der Waals surface area contributed by atoms with Gasteiger partial charge in [0.2, 0.25) is 5.91 Å². The standard InChI is InChI=1S/C19H20N2O4S/c1-12(2)9-15(22)21-18-17(19(24)25-10-16(23)20-3)14(11-26-18)13-7-5-4-6-8-13/h4-9,11H,10H2,1-3H3,(H,20,23)(H,21,22). The number of benzene rings is 1. The number of likely N-dealkylation sites (N-methyl/N-ethyl adjacent to an activating group) is 1. The lowest BCUT2D eigenvalue weighted by Crippen LogP contribution is -2.25. The van der Waals surface area contributed by atoms with Gasteiger partial charge in [-0.2, -0.15) is 0 Å². The van der Waals surface area contributed by atoms with Crippen LogP contribution in [0.2, 0.25) is 0 Å². The molecule has 0 unspecified atom stereocenters. The first kappa shape index (κ1) is 19.4. The molecule has 2 rings (SSSR count). The topological polar surface area (TPSA) is 84.5 Å². The quantitative estimate of drug-likeness (QED) is 0.602. The molecule has 2 amide bonds. The Morgan fingerprint density at radius 3 is 2.46 bits per heavy atom. The Labute approximate surface area is 155 Å². The van der Waals surface area contributed by atoms with Crippen LogP contribution in [0.1, 0.15) is 24.2 Å². The van der Waals surface area contributed by atoms with Crippen molar-refractivity contribution in [3.63, 3.8) is 0 Å². The number of hydrogen-bond donors (Lipinski definition) is 2. The Morgan fingerprint density at radius 1 is 1.15 bits per heavy atom. The number of thiophene rings is 1. The molecule has 0 spiro atoms. The van der Waals surface area contributed by atoms with E-state index in [1.807, 2.05) is 44.2 Å². The Kier molecular flexibility index (Phi) is 6.68. The summed E-state index contributed by atoms with van der Waals surface area (Å²) in [6, 6.07) is 9.30. The van der Waals surface area contributed by atoms with Crippen molar-refractivity contribution in [1.82, 2.24) is 5.32 Å². The van der Waals surface area contributed by atoms with Crippen molar-refractivity contribution < 1.29 is 19.1 Å². The summed E-state index contributed by atoms with van der Waals surface area (Å²) in [6.07, 6.45) is 1.45. The maximum Gasteiger partial charge on any atom is 0.342 e. The van der Waals surface area contributed by atoms with Crippen molar-refractivity contribution in [3.8, 4) is 11.1 Å². The fourth-order valence-corrected chi connectivity index (χ4v) is 3.13. The Balaban J connectivity index is 2.38. The second kappa shape index (κ2) is 8.96. The normalized spacial score (nSPS) is 9.96. The molecule has 0 aliphatic rings. The van der Waals surface area contributed by atoms with Gasteiger partial charge in [-0.05, 0) is 19.4 Å². The van der Waals surface area contributed by atoms with Crippen molar-refractivity contribution in [2.75, 3.05) is 19.0 Å². The lowest BCUT2D eigenvalue weighted by atomic mass is 10.0. The number of amides is 2. The molecule has 136 valence electrons. The van der Waals surface area contributed by atoms with E-state index < -0.39 is 11.9 Å². The van der Waals surface area contributed by atoms with Crippen LogP contribution >= 0.6 is 11.3 Å². The van der Waals surface area contributed by atoms with E-state index in [1.165, 1.54) is 24.5 Å². The van der Waals surface area contributed by atoms with Crippen molar-refractivity contribution >= 4 is 34.1 Å². The summed E-state index contributed by atoms with van der Waals surface area (Å²) in [7, 11) is 1.46. The maximum absolute atomic E-state index is 12.6. The summed E-state index contributed by atoms with van der Waals surface area (Å²) in [6.45, 7) is 3.23. The highest BCUT2D eigenvalue weighted by atomic mass is 32.1. The van der Waals surface area contributed by atoms with E-state index in [-0.39, 0.29) is 18.1 Å². The largest absolute Gasteiger partial charge is 0.452 e. The summed E-state index contributed by atoms with van der Waals surface area (Å²) in [4.78, 5) is 36.0. The van der Waals surface area contributed by atoms with E-state index in [0.717, 1.165) is 11.1 Å². The average molecular weight is 372 g/mol. The fraction of sp³-hybridized carbons (Fsp3) is 0.211. The number of esters is 1. The number of allylic oxidation sites excluding steroid dienone is 1. The van der Waals surface area contributed by atoms with E-state index in [9.17, 15) is 14.4 Å². The summed E-state index contributed by atoms with van der Waals surface area (Å²) < 4.78 is 5.09. The van der Waals surface area contributed by atoms with Crippen LogP contribution in [0.3, 0.4) is 0 Å². The highest BCUT2D eigenvalue weighted by Gasteiger charge is 2.23. The van der Waals surface area contributed by atoms with Crippen LogP contribution in [-0.2, 0) is 14.3 Å². The fourth-order valence-electron chi connectivity index (χ4n) is 2.17. The van der Waals surface area contributed by atoms with Gasteiger partial charge in [0, 0.05) is 24.1 Å². The Hall–Kier alpha value is -2.93. The predicted molar refractivity (Wildman–Crippen MR) is 102 cm³/mol. The van der Waals surface area contributed by atoms with Crippen molar-refractivity contribution in [3.05, 3.63) is 52.9 Å². The molecule has 1 aromatic carbocycles. The molecule has 2 aromatic rings. The van der Waals surface area contributed by atoms with Gasteiger partial charge in [0.1, 0.15) is 10.6 Å². The van der Waals surface area contributed by atoms with Gasteiger partial charge >= 0.3 is 5.97 Å². The summed E-state index contributed by atoms with van der Waals surface area (Å²) >= 11 is 1.23. The number of carbonyl (C=O) groups excluding carboxylic acids is 3. The molecule has 2 N–H and O–H groups in total. The minimum atomic E-state index is -0.666. The van der Waals surface area contributed by atoms with Crippen LogP contribution in [0, 0.1) is 0 Å². The molecule has 0 atom stereocenters. The zero-order valence-corrected chi connectivity index (χ0v) is 15.6. The molecule has 0 bridgehead atoms. The highest BCUT2D eigenvalue weighted by Crippen LogP contribution is 2.36. The highest BCUT2D eigenvalue weighted by molar-refractivity contribution is 7.15. The molecule has 26 heavy (non-hydrogen) atoms. The molecule has 0 radical (unpaired) electrons. The molecular formula is C19H20N2O4S. The minimum Gasteiger partial charge on any atom is -0.452 e. The van der Waals surface area contributed by atoms with Crippen LogP contribution in [0.15, 0.2) is 47.4 Å². The zero-order valence-electron chi connectivity index (χ0n) is 14.8. The zero-order chi connectivity index (χ0) is 19.1. The second-order valence-electron chi connectivity index (χ2n) is 5.68. The van der Waals surface area contributed by atoms with E-state index in [2.05, 4.69) is 10.6 Å².